The largest absolute Gasteiger partial charge is 0.495 e. The zero-order valence-corrected chi connectivity index (χ0v) is 10.6. The van der Waals surface area contributed by atoms with Gasteiger partial charge in [-0.3, -0.25) is 0 Å². The van der Waals surface area contributed by atoms with Crippen LogP contribution in [0.3, 0.4) is 0 Å². The number of aliphatic hydroxyl groups is 1. The number of ether oxygens (including phenoxy) is 1. The molecule has 16 heavy (non-hydrogen) atoms. The van der Waals surface area contributed by atoms with Crippen LogP contribution in [0.25, 0.3) is 0 Å². The van der Waals surface area contributed by atoms with Crippen molar-refractivity contribution in [1.29, 1.82) is 0 Å². The minimum atomic E-state index is 0.0633. The minimum Gasteiger partial charge on any atom is -0.495 e. The van der Waals surface area contributed by atoms with Crippen LogP contribution in [0.1, 0.15) is 17.0 Å². The lowest BCUT2D eigenvalue weighted by Gasteiger charge is -2.18. The number of hydrogen-bond donors (Lipinski definition) is 2. The quantitative estimate of drug-likeness (QED) is 0.831. The maximum Gasteiger partial charge on any atom is 0.137 e. The summed E-state index contributed by atoms with van der Waals surface area (Å²) in [5.41, 5.74) is 2.14. The lowest BCUT2D eigenvalue weighted by Crippen LogP contribution is -2.20. The molecule has 0 saturated carbocycles. The van der Waals surface area contributed by atoms with Crippen molar-refractivity contribution in [1.82, 2.24) is 5.32 Å². The lowest BCUT2D eigenvalue weighted by molar-refractivity contribution is 0.263. The molecule has 1 aromatic carbocycles. The van der Waals surface area contributed by atoms with E-state index in [4.69, 9.17) is 16.3 Å². The average Bonchev–Trinajstić information content (AvgIpc) is 2.28. The molecule has 0 aromatic heterocycles. The molecular weight excluding hydrogens is 226 g/mol. The van der Waals surface area contributed by atoms with Gasteiger partial charge in [0.05, 0.1) is 18.7 Å². The van der Waals surface area contributed by atoms with E-state index in [-0.39, 0.29) is 12.5 Å². The van der Waals surface area contributed by atoms with E-state index in [1.807, 2.05) is 26.1 Å². The van der Waals surface area contributed by atoms with Crippen LogP contribution in [-0.4, -0.2) is 32.4 Å². The van der Waals surface area contributed by atoms with E-state index in [9.17, 15) is 5.11 Å². The summed E-state index contributed by atoms with van der Waals surface area (Å²) in [4.78, 5) is 0. The van der Waals surface area contributed by atoms with Crippen LogP contribution in [-0.2, 0) is 0 Å². The second kappa shape index (κ2) is 6.09. The zero-order valence-electron chi connectivity index (χ0n) is 9.88. The number of hydrogen-bond acceptors (Lipinski definition) is 3. The van der Waals surface area contributed by atoms with Gasteiger partial charge in [0.15, 0.2) is 0 Å². The Morgan fingerprint density at radius 3 is 2.69 bits per heavy atom. The van der Waals surface area contributed by atoms with Gasteiger partial charge in [-0.2, -0.15) is 0 Å². The molecule has 1 rings (SSSR count). The predicted molar refractivity (Wildman–Crippen MR) is 66.5 cm³/mol. The Labute approximate surface area is 101 Å². The summed E-state index contributed by atoms with van der Waals surface area (Å²) in [5, 5.41) is 13.0. The van der Waals surface area contributed by atoms with Crippen molar-refractivity contribution >= 4 is 11.6 Å². The molecule has 0 aliphatic rings. The number of aliphatic hydroxyl groups excluding tert-OH is 1. The van der Waals surface area contributed by atoms with Gasteiger partial charge in [-0.05, 0) is 37.2 Å². The third-order valence-electron chi connectivity index (χ3n) is 2.65. The molecular formula is C12H18ClNO2. The fourth-order valence-corrected chi connectivity index (χ4v) is 2.04. The van der Waals surface area contributed by atoms with E-state index in [0.29, 0.717) is 10.8 Å². The van der Waals surface area contributed by atoms with Crippen molar-refractivity contribution < 1.29 is 9.84 Å². The topological polar surface area (TPSA) is 41.5 Å². The van der Waals surface area contributed by atoms with Crippen LogP contribution in [0.15, 0.2) is 12.1 Å². The molecule has 0 aliphatic carbocycles. The van der Waals surface area contributed by atoms with Crippen molar-refractivity contribution in [3.63, 3.8) is 0 Å². The standard InChI is InChI=1S/C12H18ClNO2/c1-8-4-12(16-3)11(13)5-10(8)9(7-15)6-14-2/h4-5,9,14-15H,6-7H2,1-3H3. The SMILES string of the molecule is CNCC(CO)c1cc(Cl)c(OC)cc1C. The second-order valence-corrected chi connectivity index (χ2v) is 4.19. The molecule has 0 spiro atoms. The van der Waals surface area contributed by atoms with Crippen molar-refractivity contribution in [2.45, 2.75) is 12.8 Å². The zero-order chi connectivity index (χ0) is 12.1. The third-order valence-corrected chi connectivity index (χ3v) is 2.95. The number of likely N-dealkylation sites (N-methyl/N-ethyl adjacent to an activating group) is 1. The maximum atomic E-state index is 9.34. The second-order valence-electron chi connectivity index (χ2n) is 3.78. The van der Waals surface area contributed by atoms with Crippen LogP contribution in [0, 0.1) is 6.92 Å². The van der Waals surface area contributed by atoms with Gasteiger partial charge in [0.2, 0.25) is 0 Å². The fourth-order valence-electron chi connectivity index (χ4n) is 1.79. The molecule has 0 bridgehead atoms. The summed E-state index contributed by atoms with van der Waals surface area (Å²) >= 11 is 6.08. The molecule has 1 atom stereocenters. The van der Waals surface area contributed by atoms with Crippen molar-refractivity contribution in [3.8, 4) is 5.75 Å². The van der Waals surface area contributed by atoms with E-state index in [2.05, 4.69) is 5.32 Å². The summed E-state index contributed by atoms with van der Waals surface area (Å²) < 4.78 is 5.14. The summed E-state index contributed by atoms with van der Waals surface area (Å²) in [6.07, 6.45) is 0. The number of benzene rings is 1. The normalized spacial score (nSPS) is 12.6. The van der Waals surface area contributed by atoms with Crippen LogP contribution >= 0.6 is 11.6 Å². The first-order chi connectivity index (χ1) is 7.63. The van der Waals surface area contributed by atoms with Gasteiger partial charge in [0, 0.05) is 12.5 Å². The third kappa shape index (κ3) is 2.88. The number of halogens is 1. The van der Waals surface area contributed by atoms with Crippen molar-refractivity contribution in [3.05, 3.63) is 28.3 Å². The number of rotatable bonds is 5. The Hall–Kier alpha value is -0.770. The van der Waals surface area contributed by atoms with E-state index in [0.717, 1.165) is 17.7 Å². The highest BCUT2D eigenvalue weighted by atomic mass is 35.5. The predicted octanol–water partition coefficient (Wildman–Crippen LogP) is 1.95. The van der Waals surface area contributed by atoms with Gasteiger partial charge >= 0.3 is 0 Å². The summed E-state index contributed by atoms with van der Waals surface area (Å²) in [6, 6.07) is 3.77. The highest BCUT2D eigenvalue weighted by molar-refractivity contribution is 6.32. The van der Waals surface area contributed by atoms with Gasteiger partial charge < -0.3 is 15.2 Å². The molecule has 1 unspecified atom stereocenters. The molecule has 3 nitrogen and oxygen atoms in total. The van der Waals surface area contributed by atoms with Gasteiger partial charge in [-0.15, -0.1) is 0 Å². The number of nitrogens with one attached hydrogen (secondary N) is 1. The summed E-state index contributed by atoms with van der Waals surface area (Å²) in [5.74, 6) is 0.734. The van der Waals surface area contributed by atoms with Gasteiger partial charge in [-0.25, -0.2) is 0 Å². The first-order valence-corrected chi connectivity index (χ1v) is 5.61. The highest BCUT2D eigenvalue weighted by Gasteiger charge is 2.14. The van der Waals surface area contributed by atoms with Crippen LogP contribution < -0.4 is 10.1 Å². The van der Waals surface area contributed by atoms with E-state index in [1.165, 1.54) is 0 Å². The van der Waals surface area contributed by atoms with Crippen LogP contribution in [0.2, 0.25) is 5.02 Å². The Morgan fingerprint density at radius 2 is 2.19 bits per heavy atom. The monoisotopic (exact) mass is 243 g/mol. The van der Waals surface area contributed by atoms with Crippen LogP contribution in [0.4, 0.5) is 0 Å². The molecule has 0 aliphatic heterocycles. The van der Waals surface area contributed by atoms with Gasteiger partial charge in [0.1, 0.15) is 5.75 Å². The molecule has 2 N–H and O–H groups in total. The van der Waals surface area contributed by atoms with E-state index >= 15 is 0 Å². The van der Waals surface area contributed by atoms with Crippen LogP contribution in [0.5, 0.6) is 5.75 Å². The van der Waals surface area contributed by atoms with E-state index in [1.54, 1.807) is 7.11 Å². The summed E-state index contributed by atoms with van der Waals surface area (Å²) in [7, 11) is 3.46. The smallest absolute Gasteiger partial charge is 0.137 e. The molecule has 0 radical (unpaired) electrons. The van der Waals surface area contributed by atoms with Crippen molar-refractivity contribution in [2.75, 3.05) is 27.3 Å². The Kier molecular flexibility index (Phi) is 5.06. The highest BCUT2D eigenvalue weighted by Crippen LogP contribution is 2.31. The van der Waals surface area contributed by atoms with Gasteiger partial charge in [0.25, 0.3) is 0 Å². The first-order valence-electron chi connectivity index (χ1n) is 5.23. The Balaban J connectivity index is 3.08. The molecule has 4 heteroatoms. The summed E-state index contributed by atoms with van der Waals surface area (Å²) in [6.45, 7) is 2.82. The molecule has 1 aromatic rings. The number of aryl methyl sites for hydroxylation is 1. The Morgan fingerprint density at radius 1 is 1.50 bits per heavy atom. The molecule has 0 heterocycles. The maximum absolute atomic E-state index is 9.34. The van der Waals surface area contributed by atoms with Crippen molar-refractivity contribution in [2.24, 2.45) is 0 Å². The lowest BCUT2D eigenvalue weighted by atomic mass is 9.95. The average molecular weight is 244 g/mol. The Bertz CT molecular complexity index is 355. The minimum absolute atomic E-state index is 0.0633. The molecule has 0 saturated heterocycles. The molecule has 0 amide bonds. The van der Waals surface area contributed by atoms with E-state index < -0.39 is 0 Å². The molecule has 0 fully saturated rings. The first kappa shape index (κ1) is 13.3. The number of methoxy groups -OCH3 is 1. The fraction of sp³-hybridized carbons (Fsp3) is 0.500. The van der Waals surface area contributed by atoms with Gasteiger partial charge in [-0.1, -0.05) is 11.6 Å². The molecule has 90 valence electrons.